The largest absolute Gasteiger partial charge is 0.497 e. The molecule has 110 valence electrons. The average Bonchev–Trinajstić information content (AvgIpc) is 2.43. The molecule has 3 heteroatoms. The highest BCUT2D eigenvalue weighted by molar-refractivity contribution is 5.81. The maximum Gasteiger partial charge on any atom is 0.137 e. The third-order valence-electron chi connectivity index (χ3n) is 4.14. The van der Waals surface area contributed by atoms with E-state index in [4.69, 9.17) is 4.74 Å². The Morgan fingerprint density at radius 3 is 2.95 bits per heavy atom. The van der Waals surface area contributed by atoms with Crippen molar-refractivity contribution in [2.24, 2.45) is 11.8 Å². The molecular weight excluding hydrogens is 250 g/mol. The molecule has 2 atom stereocenters. The Hall–Kier alpha value is -1.35. The molecule has 1 aromatic carbocycles. The molecule has 0 aliphatic heterocycles. The van der Waals surface area contributed by atoms with Crippen molar-refractivity contribution in [3.63, 3.8) is 0 Å². The van der Waals surface area contributed by atoms with Crippen LogP contribution in [0, 0.1) is 11.8 Å². The smallest absolute Gasteiger partial charge is 0.137 e. The third kappa shape index (κ3) is 4.07. The van der Waals surface area contributed by atoms with E-state index in [0.717, 1.165) is 38.1 Å². The van der Waals surface area contributed by atoms with Crippen LogP contribution in [0.2, 0.25) is 0 Å². The highest BCUT2D eigenvalue weighted by Crippen LogP contribution is 2.26. The SMILES string of the molecule is COc1cccc(CN(C)CC2CC(C)CCC2=O)c1. The van der Waals surface area contributed by atoms with E-state index in [2.05, 4.69) is 31.0 Å². The Kier molecular flexibility index (Phi) is 5.18. The molecule has 0 spiro atoms. The number of hydrogen-bond acceptors (Lipinski definition) is 3. The molecular formula is C17H25NO2. The molecule has 0 radical (unpaired) electrons. The van der Waals surface area contributed by atoms with Gasteiger partial charge in [-0.15, -0.1) is 0 Å². The molecule has 1 fully saturated rings. The Morgan fingerprint density at radius 2 is 2.20 bits per heavy atom. The summed E-state index contributed by atoms with van der Waals surface area (Å²) >= 11 is 0. The van der Waals surface area contributed by atoms with E-state index < -0.39 is 0 Å². The van der Waals surface area contributed by atoms with Crippen LogP contribution in [-0.4, -0.2) is 31.4 Å². The average molecular weight is 275 g/mol. The van der Waals surface area contributed by atoms with Gasteiger partial charge in [0, 0.05) is 25.4 Å². The van der Waals surface area contributed by atoms with E-state index in [1.807, 2.05) is 12.1 Å². The van der Waals surface area contributed by atoms with Gasteiger partial charge in [-0.2, -0.15) is 0 Å². The van der Waals surface area contributed by atoms with Gasteiger partial charge in [-0.05, 0) is 43.5 Å². The first-order chi connectivity index (χ1) is 9.58. The van der Waals surface area contributed by atoms with Gasteiger partial charge in [0.05, 0.1) is 7.11 Å². The number of rotatable bonds is 5. The summed E-state index contributed by atoms with van der Waals surface area (Å²) in [6, 6.07) is 8.12. The van der Waals surface area contributed by atoms with Gasteiger partial charge in [0.25, 0.3) is 0 Å². The van der Waals surface area contributed by atoms with Crippen molar-refractivity contribution in [1.29, 1.82) is 0 Å². The van der Waals surface area contributed by atoms with Crippen molar-refractivity contribution in [2.45, 2.75) is 32.7 Å². The summed E-state index contributed by atoms with van der Waals surface area (Å²) in [5, 5.41) is 0. The molecule has 1 aliphatic carbocycles. The molecule has 0 amide bonds. The first-order valence-electron chi connectivity index (χ1n) is 7.42. The lowest BCUT2D eigenvalue weighted by atomic mass is 9.81. The number of carbonyl (C=O) groups is 1. The Labute approximate surface area is 121 Å². The van der Waals surface area contributed by atoms with Crippen LogP contribution in [0.5, 0.6) is 5.75 Å². The highest BCUT2D eigenvalue weighted by Gasteiger charge is 2.27. The molecule has 2 unspecified atom stereocenters. The zero-order valence-electron chi connectivity index (χ0n) is 12.8. The summed E-state index contributed by atoms with van der Waals surface area (Å²) in [6.07, 6.45) is 2.87. The first kappa shape index (κ1) is 15.0. The summed E-state index contributed by atoms with van der Waals surface area (Å²) in [7, 11) is 3.77. The fourth-order valence-electron chi connectivity index (χ4n) is 3.03. The number of carbonyl (C=O) groups excluding carboxylic acids is 1. The quantitative estimate of drug-likeness (QED) is 0.827. The number of ether oxygens (including phenoxy) is 1. The van der Waals surface area contributed by atoms with Crippen LogP contribution < -0.4 is 4.74 Å². The maximum absolute atomic E-state index is 12.0. The molecule has 3 nitrogen and oxygen atoms in total. The predicted molar refractivity (Wildman–Crippen MR) is 80.8 cm³/mol. The second kappa shape index (κ2) is 6.89. The predicted octanol–water partition coefficient (Wildman–Crippen LogP) is 3.13. The van der Waals surface area contributed by atoms with E-state index in [1.54, 1.807) is 7.11 Å². The standard InChI is InChI=1S/C17H25NO2/c1-13-7-8-17(19)15(9-13)12-18(2)11-14-5-4-6-16(10-14)20-3/h4-6,10,13,15H,7-9,11-12H2,1-3H3. The lowest BCUT2D eigenvalue weighted by molar-refractivity contribution is -0.126. The Balaban J connectivity index is 1.91. The van der Waals surface area contributed by atoms with Gasteiger partial charge in [0.1, 0.15) is 11.5 Å². The van der Waals surface area contributed by atoms with Crippen LogP contribution >= 0.6 is 0 Å². The van der Waals surface area contributed by atoms with Crippen LogP contribution in [0.3, 0.4) is 0 Å². The minimum Gasteiger partial charge on any atom is -0.497 e. The first-order valence-corrected chi connectivity index (χ1v) is 7.42. The number of methoxy groups -OCH3 is 1. The van der Waals surface area contributed by atoms with Crippen LogP contribution in [0.25, 0.3) is 0 Å². The van der Waals surface area contributed by atoms with Crippen LogP contribution in [-0.2, 0) is 11.3 Å². The normalized spacial score (nSPS) is 23.1. The van der Waals surface area contributed by atoms with E-state index in [9.17, 15) is 4.79 Å². The van der Waals surface area contributed by atoms with Crippen LogP contribution in [0.4, 0.5) is 0 Å². The summed E-state index contributed by atoms with van der Waals surface area (Å²) in [6.45, 7) is 3.97. The van der Waals surface area contributed by atoms with E-state index in [0.29, 0.717) is 11.7 Å². The van der Waals surface area contributed by atoms with Gasteiger partial charge >= 0.3 is 0 Å². The fraction of sp³-hybridized carbons (Fsp3) is 0.588. The van der Waals surface area contributed by atoms with Crippen molar-refractivity contribution in [2.75, 3.05) is 20.7 Å². The third-order valence-corrected chi connectivity index (χ3v) is 4.14. The molecule has 20 heavy (non-hydrogen) atoms. The second-order valence-electron chi connectivity index (χ2n) is 6.09. The van der Waals surface area contributed by atoms with Gasteiger partial charge in [0.2, 0.25) is 0 Å². The molecule has 0 bridgehead atoms. The van der Waals surface area contributed by atoms with Gasteiger partial charge in [-0.3, -0.25) is 4.79 Å². The second-order valence-corrected chi connectivity index (χ2v) is 6.09. The summed E-state index contributed by atoms with van der Waals surface area (Å²) < 4.78 is 5.24. The summed E-state index contributed by atoms with van der Waals surface area (Å²) in [5.74, 6) is 2.23. The topological polar surface area (TPSA) is 29.5 Å². The molecule has 2 rings (SSSR count). The number of ketones is 1. The molecule has 0 N–H and O–H groups in total. The van der Waals surface area contributed by atoms with Gasteiger partial charge in [-0.25, -0.2) is 0 Å². The van der Waals surface area contributed by atoms with E-state index >= 15 is 0 Å². The van der Waals surface area contributed by atoms with E-state index in [-0.39, 0.29) is 5.92 Å². The summed E-state index contributed by atoms with van der Waals surface area (Å²) in [4.78, 5) is 14.2. The molecule has 1 saturated carbocycles. The van der Waals surface area contributed by atoms with Crippen molar-refractivity contribution in [3.05, 3.63) is 29.8 Å². The van der Waals surface area contributed by atoms with Gasteiger partial charge < -0.3 is 9.64 Å². The lowest BCUT2D eigenvalue weighted by Crippen LogP contribution is -2.34. The van der Waals surface area contributed by atoms with Crippen molar-refractivity contribution >= 4 is 5.78 Å². The minimum absolute atomic E-state index is 0.217. The zero-order valence-corrected chi connectivity index (χ0v) is 12.8. The number of benzene rings is 1. The Bertz CT molecular complexity index is 458. The number of nitrogens with zero attached hydrogens (tertiary/aromatic N) is 1. The van der Waals surface area contributed by atoms with Gasteiger partial charge in [0.15, 0.2) is 0 Å². The zero-order chi connectivity index (χ0) is 14.5. The van der Waals surface area contributed by atoms with Crippen molar-refractivity contribution < 1.29 is 9.53 Å². The minimum atomic E-state index is 0.217. The van der Waals surface area contributed by atoms with Crippen molar-refractivity contribution in [3.8, 4) is 5.75 Å². The van der Waals surface area contributed by atoms with E-state index in [1.165, 1.54) is 5.56 Å². The van der Waals surface area contributed by atoms with Gasteiger partial charge in [-0.1, -0.05) is 19.1 Å². The maximum atomic E-state index is 12.0. The Morgan fingerprint density at radius 1 is 1.40 bits per heavy atom. The molecule has 1 aromatic rings. The lowest BCUT2D eigenvalue weighted by Gasteiger charge is -2.29. The summed E-state index contributed by atoms with van der Waals surface area (Å²) in [5.41, 5.74) is 1.23. The van der Waals surface area contributed by atoms with Crippen LogP contribution in [0.1, 0.15) is 31.7 Å². The molecule has 0 heterocycles. The molecule has 1 aliphatic rings. The fourth-order valence-corrected chi connectivity index (χ4v) is 3.03. The highest BCUT2D eigenvalue weighted by atomic mass is 16.5. The molecule has 0 saturated heterocycles. The van der Waals surface area contributed by atoms with Crippen LogP contribution in [0.15, 0.2) is 24.3 Å². The number of Topliss-reactive ketones (excluding diaryl/α,β-unsaturated/α-hetero) is 1. The number of hydrogen-bond donors (Lipinski definition) is 0. The van der Waals surface area contributed by atoms with Crippen molar-refractivity contribution in [1.82, 2.24) is 4.90 Å². The monoisotopic (exact) mass is 275 g/mol. The molecule has 0 aromatic heterocycles.